The van der Waals surface area contributed by atoms with Crippen LogP contribution in [0.1, 0.15) is 19.3 Å². The molecule has 0 spiro atoms. The smallest absolute Gasteiger partial charge is 0.253 e. The van der Waals surface area contributed by atoms with Crippen molar-refractivity contribution in [2.75, 3.05) is 32.2 Å². The molecule has 8 heteroatoms. The van der Waals surface area contributed by atoms with Crippen LogP contribution in [0.5, 0.6) is 0 Å². The van der Waals surface area contributed by atoms with Gasteiger partial charge in [0.1, 0.15) is 6.10 Å². The molecule has 0 aromatic heterocycles. The van der Waals surface area contributed by atoms with Crippen molar-refractivity contribution in [2.45, 2.75) is 30.3 Å². The van der Waals surface area contributed by atoms with Gasteiger partial charge in [-0.25, -0.2) is 13.1 Å². The van der Waals surface area contributed by atoms with Gasteiger partial charge in [-0.15, -0.1) is 0 Å². The number of carbonyl (C=O) groups excluding carboxylic acids is 1. The van der Waals surface area contributed by atoms with Crippen LogP contribution in [0.4, 0.5) is 5.69 Å². The summed E-state index contributed by atoms with van der Waals surface area (Å²) >= 11 is 0. The van der Waals surface area contributed by atoms with Crippen molar-refractivity contribution in [1.29, 1.82) is 0 Å². The van der Waals surface area contributed by atoms with E-state index in [1.54, 1.807) is 19.2 Å². The maximum absolute atomic E-state index is 12.1. The van der Waals surface area contributed by atoms with Gasteiger partial charge in [-0.3, -0.25) is 4.79 Å². The number of ether oxygens (including phenoxy) is 2. The molecule has 0 bridgehead atoms. The standard InChI is InChI=1S/C15H22N2O5S/c1-21-10-3-9-16-23(19,20)13-7-5-12(6-8-13)17-15(18)14-4-2-11-22-14/h5-8,14,16H,2-4,9-11H2,1H3,(H,17,18)/t14-/m0/s1. The summed E-state index contributed by atoms with van der Waals surface area (Å²) in [4.78, 5) is 12.1. The van der Waals surface area contributed by atoms with E-state index < -0.39 is 16.1 Å². The minimum Gasteiger partial charge on any atom is -0.385 e. The summed E-state index contributed by atoms with van der Waals surface area (Å²) in [6, 6.07) is 6.06. The third-order valence-electron chi connectivity index (χ3n) is 3.47. The Morgan fingerprint density at radius 3 is 2.70 bits per heavy atom. The van der Waals surface area contributed by atoms with Crippen molar-refractivity contribution in [2.24, 2.45) is 0 Å². The molecule has 128 valence electrons. The minimum atomic E-state index is -3.54. The molecule has 1 fully saturated rings. The van der Waals surface area contributed by atoms with Gasteiger partial charge in [0.25, 0.3) is 5.91 Å². The number of hydrogen-bond donors (Lipinski definition) is 2. The van der Waals surface area contributed by atoms with Gasteiger partial charge in [-0.1, -0.05) is 0 Å². The number of anilines is 1. The Kier molecular flexibility index (Phi) is 6.52. The second-order valence-corrected chi connectivity index (χ2v) is 7.03. The molecule has 0 radical (unpaired) electrons. The quantitative estimate of drug-likeness (QED) is 0.691. The summed E-state index contributed by atoms with van der Waals surface area (Å²) in [7, 11) is -1.98. The van der Waals surface area contributed by atoms with Gasteiger partial charge in [0.05, 0.1) is 4.90 Å². The molecular formula is C15H22N2O5S. The molecular weight excluding hydrogens is 320 g/mol. The van der Waals surface area contributed by atoms with Gasteiger partial charge < -0.3 is 14.8 Å². The molecule has 2 rings (SSSR count). The zero-order valence-corrected chi connectivity index (χ0v) is 13.9. The zero-order valence-electron chi connectivity index (χ0n) is 13.1. The fraction of sp³-hybridized carbons (Fsp3) is 0.533. The molecule has 0 unspecified atom stereocenters. The number of rotatable bonds is 8. The van der Waals surface area contributed by atoms with E-state index in [9.17, 15) is 13.2 Å². The first kappa shape index (κ1) is 17.9. The predicted molar refractivity (Wildman–Crippen MR) is 85.7 cm³/mol. The van der Waals surface area contributed by atoms with E-state index in [1.165, 1.54) is 12.1 Å². The molecule has 1 heterocycles. The van der Waals surface area contributed by atoms with Crippen LogP contribution < -0.4 is 10.0 Å². The lowest BCUT2D eigenvalue weighted by atomic mass is 10.2. The summed E-state index contributed by atoms with van der Waals surface area (Å²) in [5.41, 5.74) is 0.545. The van der Waals surface area contributed by atoms with Crippen molar-refractivity contribution in [3.8, 4) is 0 Å². The Morgan fingerprint density at radius 1 is 1.35 bits per heavy atom. The molecule has 1 atom stereocenters. The lowest BCUT2D eigenvalue weighted by Gasteiger charge is -2.11. The SMILES string of the molecule is COCCCNS(=O)(=O)c1ccc(NC(=O)[C@@H]2CCCO2)cc1. The summed E-state index contributed by atoms with van der Waals surface area (Å²) in [5.74, 6) is -0.198. The normalized spacial score (nSPS) is 18.0. The summed E-state index contributed by atoms with van der Waals surface area (Å²) in [5, 5.41) is 2.73. The highest BCUT2D eigenvalue weighted by molar-refractivity contribution is 7.89. The van der Waals surface area contributed by atoms with Gasteiger partial charge in [-0.2, -0.15) is 0 Å². The van der Waals surface area contributed by atoms with Gasteiger partial charge in [-0.05, 0) is 43.5 Å². The van der Waals surface area contributed by atoms with Crippen molar-refractivity contribution in [3.63, 3.8) is 0 Å². The largest absolute Gasteiger partial charge is 0.385 e. The Hall–Kier alpha value is -1.48. The molecule has 1 aromatic rings. The molecule has 23 heavy (non-hydrogen) atoms. The van der Waals surface area contributed by atoms with Crippen LogP contribution in [0.15, 0.2) is 29.2 Å². The van der Waals surface area contributed by atoms with Gasteiger partial charge >= 0.3 is 0 Å². The van der Waals surface area contributed by atoms with Crippen molar-refractivity contribution >= 4 is 21.6 Å². The first-order chi connectivity index (χ1) is 11.0. The van der Waals surface area contributed by atoms with E-state index in [1.807, 2.05) is 0 Å². The molecule has 1 amide bonds. The monoisotopic (exact) mass is 342 g/mol. The number of benzene rings is 1. The van der Waals surface area contributed by atoms with Crippen LogP contribution in [0, 0.1) is 0 Å². The number of nitrogens with one attached hydrogen (secondary N) is 2. The first-order valence-electron chi connectivity index (χ1n) is 7.54. The topological polar surface area (TPSA) is 93.7 Å². The number of sulfonamides is 1. The fourth-order valence-electron chi connectivity index (χ4n) is 2.23. The van der Waals surface area contributed by atoms with Crippen LogP contribution in [-0.4, -0.2) is 47.3 Å². The van der Waals surface area contributed by atoms with Gasteiger partial charge in [0, 0.05) is 32.6 Å². The Labute approximate surface area is 136 Å². The van der Waals surface area contributed by atoms with Crippen LogP contribution in [-0.2, 0) is 24.3 Å². The van der Waals surface area contributed by atoms with E-state index in [4.69, 9.17) is 9.47 Å². The third-order valence-corrected chi connectivity index (χ3v) is 4.95. The van der Waals surface area contributed by atoms with E-state index in [0.717, 1.165) is 6.42 Å². The highest BCUT2D eigenvalue weighted by atomic mass is 32.2. The lowest BCUT2D eigenvalue weighted by Crippen LogP contribution is -2.27. The van der Waals surface area contributed by atoms with E-state index >= 15 is 0 Å². The fourth-order valence-corrected chi connectivity index (χ4v) is 3.31. The minimum absolute atomic E-state index is 0.157. The van der Waals surface area contributed by atoms with E-state index in [-0.39, 0.29) is 10.8 Å². The van der Waals surface area contributed by atoms with Crippen molar-refractivity contribution < 1.29 is 22.7 Å². The Balaban J connectivity index is 1.91. The molecule has 1 aliphatic rings. The van der Waals surface area contributed by atoms with Gasteiger partial charge in [0.2, 0.25) is 10.0 Å². The van der Waals surface area contributed by atoms with E-state index in [2.05, 4.69) is 10.0 Å². The highest BCUT2D eigenvalue weighted by Gasteiger charge is 2.23. The number of amides is 1. The molecule has 1 saturated heterocycles. The second kappa shape index (κ2) is 8.39. The van der Waals surface area contributed by atoms with Crippen LogP contribution in [0.2, 0.25) is 0 Å². The van der Waals surface area contributed by atoms with Crippen LogP contribution >= 0.6 is 0 Å². The number of hydrogen-bond acceptors (Lipinski definition) is 5. The maximum Gasteiger partial charge on any atom is 0.253 e. The third kappa shape index (κ3) is 5.28. The number of methoxy groups -OCH3 is 1. The van der Waals surface area contributed by atoms with Gasteiger partial charge in [0.15, 0.2) is 0 Å². The molecule has 0 aliphatic carbocycles. The Morgan fingerprint density at radius 2 is 2.09 bits per heavy atom. The lowest BCUT2D eigenvalue weighted by molar-refractivity contribution is -0.124. The average molecular weight is 342 g/mol. The zero-order chi connectivity index (χ0) is 16.7. The molecule has 0 saturated carbocycles. The summed E-state index contributed by atoms with van der Waals surface area (Å²) in [6.45, 7) is 1.41. The molecule has 1 aliphatic heterocycles. The van der Waals surface area contributed by atoms with Crippen molar-refractivity contribution in [1.82, 2.24) is 4.72 Å². The van der Waals surface area contributed by atoms with Crippen LogP contribution in [0.25, 0.3) is 0 Å². The number of carbonyl (C=O) groups is 1. The van der Waals surface area contributed by atoms with E-state index in [0.29, 0.717) is 38.3 Å². The highest BCUT2D eigenvalue weighted by Crippen LogP contribution is 2.17. The summed E-state index contributed by atoms with van der Waals surface area (Å²) < 4.78 is 36.8. The molecule has 2 N–H and O–H groups in total. The maximum atomic E-state index is 12.1. The molecule has 1 aromatic carbocycles. The first-order valence-corrected chi connectivity index (χ1v) is 9.02. The van der Waals surface area contributed by atoms with Crippen molar-refractivity contribution in [3.05, 3.63) is 24.3 Å². The summed E-state index contributed by atoms with van der Waals surface area (Å²) in [6.07, 6.45) is 1.78. The molecule has 7 nitrogen and oxygen atoms in total. The average Bonchev–Trinajstić information content (AvgIpc) is 3.07. The second-order valence-electron chi connectivity index (χ2n) is 5.26. The van der Waals surface area contributed by atoms with Crippen LogP contribution in [0.3, 0.4) is 0 Å². The Bertz CT molecular complexity index is 609. The predicted octanol–water partition coefficient (Wildman–Crippen LogP) is 1.12.